The molecule has 0 aliphatic carbocycles. The topological polar surface area (TPSA) is 114 Å². The van der Waals surface area contributed by atoms with Crippen LogP contribution in [0.1, 0.15) is 41.3 Å². The number of aromatic amines is 2. The van der Waals surface area contributed by atoms with Gasteiger partial charge in [0.2, 0.25) is 0 Å². The number of fused-ring (bicyclic) bond motifs is 2. The summed E-state index contributed by atoms with van der Waals surface area (Å²) in [5.74, 6) is -0.405. The van der Waals surface area contributed by atoms with Crippen LogP contribution in [-0.4, -0.2) is 51.2 Å². The maximum atomic E-state index is 13.5. The number of aromatic hydroxyl groups is 1. The van der Waals surface area contributed by atoms with Gasteiger partial charge in [-0.05, 0) is 68.6 Å². The average Bonchev–Trinajstić information content (AvgIpc) is 3.25. The number of aliphatic hydroxyl groups is 1. The fraction of sp³-hybridized carbons (Fsp3) is 0.417. The number of nitrogens with one attached hydrogen (secondary N) is 3. The molecule has 0 amide bonds. The zero-order chi connectivity index (χ0) is 22.6. The predicted molar refractivity (Wildman–Crippen MR) is 126 cm³/mol. The third-order valence-electron chi connectivity index (χ3n) is 7.29. The molecule has 0 bridgehead atoms. The van der Waals surface area contributed by atoms with Gasteiger partial charge in [-0.1, -0.05) is 22.9 Å². The van der Waals surface area contributed by atoms with Gasteiger partial charge in [-0.25, -0.2) is 0 Å². The van der Waals surface area contributed by atoms with Gasteiger partial charge in [0.1, 0.15) is 5.49 Å². The Morgan fingerprint density at radius 2 is 2.03 bits per heavy atom. The summed E-state index contributed by atoms with van der Waals surface area (Å²) in [6.07, 6.45) is 3.15. The van der Waals surface area contributed by atoms with E-state index in [2.05, 4.69) is 36.2 Å². The van der Waals surface area contributed by atoms with Crippen molar-refractivity contribution in [2.45, 2.75) is 32.3 Å². The summed E-state index contributed by atoms with van der Waals surface area (Å²) in [7, 11) is 0. The Morgan fingerprint density at radius 1 is 1.28 bits per heavy atom. The van der Waals surface area contributed by atoms with E-state index in [1.165, 1.54) is 0 Å². The van der Waals surface area contributed by atoms with Crippen LogP contribution in [0.15, 0.2) is 27.7 Å². The molecule has 168 valence electrons. The van der Waals surface area contributed by atoms with Crippen molar-refractivity contribution in [3.8, 4) is 5.88 Å². The van der Waals surface area contributed by atoms with E-state index < -0.39 is 5.60 Å². The summed E-state index contributed by atoms with van der Waals surface area (Å²) in [6.45, 7) is 5.77. The van der Waals surface area contributed by atoms with Gasteiger partial charge in [-0.3, -0.25) is 9.79 Å². The lowest BCUT2D eigenvalue weighted by Crippen LogP contribution is -2.51. The molecule has 7 nitrogen and oxygen atoms in total. The lowest BCUT2D eigenvalue weighted by atomic mass is 9.71. The number of hydrogen-bond donors (Lipinski definition) is 5. The second kappa shape index (κ2) is 7.86. The van der Waals surface area contributed by atoms with Gasteiger partial charge in [0, 0.05) is 32.2 Å². The van der Waals surface area contributed by atoms with Crippen molar-refractivity contribution in [1.82, 2.24) is 15.3 Å². The summed E-state index contributed by atoms with van der Waals surface area (Å²) < 4.78 is 0.916. The van der Waals surface area contributed by atoms with Gasteiger partial charge < -0.3 is 25.5 Å². The monoisotopic (exact) mass is 498 g/mol. The van der Waals surface area contributed by atoms with E-state index >= 15 is 0 Å². The SMILES string of the molecule is Cc1c2c([nH]c1=Cc1c(O)[nH]c3ccc(Br)cc13)=NCC(C(C)C1(O)CCNCC1)C2=O. The summed E-state index contributed by atoms with van der Waals surface area (Å²) in [4.78, 5) is 24.5. The van der Waals surface area contributed by atoms with E-state index in [-0.39, 0.29) is 23.5 Å². The highest BCUT2D eigenvalue weighted by atomic mass is 79.9. The fourth-order valence-electron chi connectivity index (χ4n) is 5.15. The van der Waals surface area contributed by atoms with Crippen molar-refractivity contribution in [1.29, 1.82) is 0 Å². The number of rotatable bonds is 3. The number of Topliss-reactive ketones (excluding diaryl/α,β-unsaturated/α-hetero) is 1. The molecule has 3 aromatic rings. The summed E-state index contributed by atoms with van der Waals surface area (Å²) in [5.41, 5.74) is 2.63. The lowest BCUT2D eigenvalue weighted by Gasteiger charge is -2.41. The third kappa shape index (κ3) is 3.41. The molecule has 1 saturated heterocycles. The van der Waals surface area contributed by atoms with Gasteiger partial charge in [-0.2, -0.15) is 0 Å². The van der Waals surface area contributed by atoms with Crippen LogP contribution in [0, 0.1) is 18.8 Å². The highest BCUT2D eigenvalue weighted by molar-refractivity contribution is 9.10. The number of ketones is 1. The summed E-state index contributed by atoms with van der Waals surface area (Å²) in [6, 6.07) is 5.76. The highest BCUT2D eigenvalue weighted by Gasteiger charge is 2.43. The average molecular weight is 499 g/mol. The summed E-state index contributed by atoms with van der Waals surface area (Å²) in [5, 5.41) is 26.6. The molecule has 5 N–H and O–H groups in total. The predicted octanol–water partition coefficient (Wildman–Crippen LogP) is 2.28. The Hall–Kier alpha value is -2.42. The van der Waals surface area contributed by atoms with E-state index in [9.17, 15) is 15.0 Å². The van der Waals surface area contributed by atoms with Gasteiger partial charge in [0.25, 0.3) is 0 Å². The molecule has 32 heavy (non-hydrogen) atoms. The molecule has 1 fully saturated rings. The molecular weight excluding hydrogens is 472 g/mol. The van der Waals surface area contributed by atoms with Crippen molar-refractivity contribution in [3.63, 3.8) is 0 Å². The first kappa shape index (κ1) is 21.4. The van der Waals surface area contributed by atoms with Crippen molar-refractivity contribution >= 4 is 38.7 Å². The molecule has 2 atom stereocenters. The van der Waals surface area contributed by atoms with Crippen molar-refractivity contribution in [2.24, 2.45) is 16.8 Å². The van der Waals surface area contributed by atoms with E-state index in [4.69, 9.17) is 0 Å². The number of carbonyl (C=O) groups is 1. The second-order valence-corrected chi connectivity index (χ2v) is 9.98. The molecule has 0 radical (unpaired) electrons. The Bertz CT molecular complexity index is 1330. The molecule has 4 heterocycles. The largest absolute Gasteiger partial charge is 0.494 e. The van der Waals surface area contributed by atoms with Crippen molar-refractivity contribution < 1.29 is 15.0 Å². The van der Waals surface area contributed by atoms with E-state index in [0.29, 0.717) is 36.0 Å². The Labute approximate surface area is 193 Å². The smallest absolute Gasteiger partial charge is 0.196 e. The lowest BCUT2D eigenvalue weighted by molar-refractivity contribution is -0.0526. The minimum atomic E-state index is -0.846. The van der Waals surface area contributed by atoms with Crippen LogP contribution in [0.2, 0.25) is 0 Å². The van der Waals surface area contributed by atoms with Crippen LogP contribution in [0.3, 0.4) is 0 Å². The Morgan fingerprint density at radius 3 is 2.78 bits per heavy atom. The van der Waals surface area contributed by atoms with Gasteiger partial charge in [-0.15, -0.1) is 0 Å². The standard InChI is InChI=1S/C24H27BrN4O3/c1-12-19(10-16-15-9-14(25)3-4-18(15)29-23(16)31)28-22-20(12)21(30)17(11-27-22)13(2)24(32)5-7-26-8-6-24/h3-4,9-10,13,17,26,29,31-32H,5-8,11H2,1-2H3,(H,27,28). The second-order valence-electron chi connectivity index (χ2n) is 9.06. The number of benzene rings is 1. The number of carbonyl (C=O) groups excluding carboxylic acids is 1. The van der Waals surface area contributed by atoms with Crippen LogP contribution in [0.5, 0.6) is 5.88 Å². The molecule has 0 saturated carbocycles. The normalized spacial score (nSPS) is 22.1. The molecule has 2 aliphatic rings. The van der Waals surface area contributed by atoms with Crippen LogP contribution in [0.25, 0.3) is 17.0 Å². The van der Waals surface area contributed by atoms with E-state index in [1.54, 1.807) is 0 Å². The third-order valence-corrected chi connectivity index (χ3v) is 7.78. The first-order valence-corrected chi connectivity index (χ1v) is 11.8. The Balaban J connectivity index is 1.55. The van der Waals surface area contributed by atoms with Crippen molar-refractivity contribution in [3.05, 3.63) is 50.2 Å². The van der Waals surface area contributed by atoms with Crippen LogP contribution in [-0.2, 0) is 0 Å². The number of halogens is 1. The van der Waals surface area contributed by atoms with Gasteiger partial charge in [0.15, 0.2) is 11.7 Å². The molecular formula is C24H27BrN4O3. The highest BCUT2D eigenvalue weighted by Crippen LogP contribution is 2.35. The zero-order valence-electron chi connectivity index (χ0n) is 18.1. The van der Waals surface area contributed by atoms with Crippen LogP contribution < -0.4 is 16.2 Å². The molecule has 2 aromatic heterocycles. The molecule has 2 unspecified atom stereocenters. The molecule has 5 rings (SSSR count). The number of aromatic nitrogens is 2. The molecule has 1 aromatic carbocycles. The van der Waals surface area contributed by atoms with E-state index in [0.717, 1.165) is 39.4 Å². The molecule has 2 aliphatic heterocycles. The zero-order valence-corrected chi connectivity index (χ0v) is 19.7. The van der Waals surface area contributed by atoms with Crippen molar-refractivity contribution in [2.75, 3.05) is 19.6 Å². The first-order valence-electron chi connectivity index (χ1n) is 11.0. The number of nitrogens with zero attached hydrogens (tertiary/aromatic N) is 1. The Kier molecular flexibility index (Phi) is 5.27. The minimum Gasteiger partial charge on any atom is -0.494 e. The number of H-pyrrole nitrogens is 2. The molecule has 0 spiro atoms. The molecule has 8 heteroatoms. The minimum absolute atomic E-state index is 0.0359. The fourth-order valence-corrected chi connectivity index (χ4v) is 5.52. The quantitative estimate of drug-likeness (QED) is 0.381. The summed E-state index contributed by atoms with van der Waals surface area (Å²) >= 11 is 3.49. The van der Waals surface area contributed by atoms with E-state index in [1.807, 2.05) is 38.1 Å². The van der Waals surface area contributed by atoms with Crippen LogP contribution >= 0.6 is 15.9 Å². The maximum Gasteiger partial charge on any atom is 0.196 e. The van der Waals surface area contributed by atoms with Crippen LogP contribution in [0.4, 0.5) is 0 Å². The first-order chi connectivity index (χ1) is 15.3. The van der Waals surface area contributed by atoms with Gasteiger partial charge in [0.05, 0.1) is 17.7 Å². The number of hydrogen-bond acceptors (Lipinski definition) is 5. The van der Waals surface area contributed by atoms with Gasteiger partial charge >= 0.3 is 0 Å². The number of piperidine rings is 1. The maximum absolute atomic E-state index is 13.5.